The molecular formula is C23H24N2O4S. The first kappa shape index (κ1) is 20.5. The molecule has 1 saturated heterocycles. The van der Waals surface area contributed by atoms with Gasteiger partial charge in [-0.15, -0.1) is 0 Å². The molecule has 1 amide bonds. The minimum atomic E-state index is -0.956. The molecule has 0 spiro atoms. The summed E-state index contributed by atoms with van der Waals surface area (Å²) in [4.78, 5) is 17.2. The molecule has 0 aliphatic carbocycles. The van der Waals surface area contributed by atoms with Crippen LogP contribution in [0.4, 0.5) is 5.69 Å². The summed E-state index contributed by atoms with van der Waals surface area (Å²) in [6.45, 7) is 1.35. The quantitative estimate of drug-likeness (QED) is 0.649. The summed E-state index contributed by atoms with van der Waals surface area (Å²) in [5.41, 5.74) is 1.86. The Morgan fingerprint density at radius 3 is 2.77 bits per heavy atom. The summed E-state index contributed by atoms with van der Waals surface area (Å²) in [5.74, 6) is 0.566. The molecule has 2 heterocycles. The van der Waals surface area contributed by atoms with Crippen molar-refractivity contribution < 1.29 is 18.5 Å². The van der Waals surface area contributed by atoms with Gasteiger partial charge in [-0.2, -0.15) is 0 Å². The predicted octanol–water partition coefficient (Wildman–Crippen LogP) is 3.92. The summed E-state index contributed by atoms with van der Waals surface area (Å²) in [6, 6.07) is 16.9. The molecule has 156 valence electrons. The van der Waals surface area contributed by atoms with Crippen molar-refractivity contribution in [2.24, 2.45) is 0 Å². The zero-order valence-electron chi connectivity index (χ0n) is 16.8. The SMILES string of the molecule is COc1nc(C(=O)Nc2cccc(CS(=O)C3CCOCC3)c2)cc2ccccc12. The third-order valence-electron chi connectivity index (χ3n) is 5.17. The van der Waals surface area contributed by atoms with Crippen molar-refractivity contribution in [2.75, 3.05) is 25.6 Å². The van der Waals surface area contributed by atoms with Crippen molar-refractivity contribution in [3.05, 3.63) is 65.9 Å². The van der Waals surface area contributed by atoms with Crippen LogP contribution in [0.1, 0.15) is 28.9 Å². The molecule has 0 radical (unpaired) electrons. The van der Waals surface area contributed by atoms with Crippen molar-refractivity contribution >= 4 is 33.2 Å². The molecule has 0 saturated carbocycles. The number of nitrogens with one attached hydrogen (secondary N) is 1. The molecule has 4 rings (SSSR count). The van der Waals surface area contributed by atoms with Gasteiger partial charge in [0.1, 0.15) is 5.69 Å². The number of carbonyl (C=O) groups excluding carboxylic acids is 1. The van der Waals surface area contributed by atoms with Crippen molar-refractivity contribution in [3.8, 4) is 5.88 Å². The highest BCUT2D eigenvalue weighted by molar-refractivity contribution is 7.84. The lowest BCUT2D eigenvalue weighted by Gasteiger charge is -2.21. The summed E-state index contributed by atoms with van der Waals surface area (Å²) in [5, 5.41) is 4.80. The Morgan fingerprint density at radius 1 is 1.17 bits per heavy atom. The zero-order chi connectivity index (χ0) is 20.9. The average molecular weight is 425 g/mol. The fourth-order valence-corrected chi connectivity index (χ4v) is 5.06. The molecule has 1 aliphatic rings. The number of methoxy groups -OCH3 is 1. The summed E-state index contributed by atoms with van der Waals surface area (Å²) < 4.78 is 23.4. The van der Waals surface area contributed by atoms with E-state index in [1.165, 1.54) is 0 Å². The number of hydrogen-bond donors (Lipinski definition) is 1. The Hall–Kier alpha value is -2.77. The first-order chi connectivity index (χ1) is 14.6. The van der Waals surface area contributed by atoms with Gasteiger partial charge in [0.2, 0.25) is 5.88 Å². The normalized spacial score (nSPS) is 15.6. The third-order valence-corrected chi connectivity index (χ3v) is 7.00. The van der Waals surface area contributed by atoms with Gasteiger partial charge in [-0.05, 0) is 48.1 Å². The molecule has 1 unspecified atom stereocenters. The van der Waals surface area contributed by atoms with E-state index in [9.17, 15) is 9.00 Å². The monoisotopic (exact) mass is 424 g/mol. The number of amides is 1. The predicted molar refractivity (Wildman–Crippen MR) is 118 cm³/mol. The lowest BCUT2D eigenvalue weighted by Crippen LogP contribution is -2.25. The number of fused-ring (bicyclic) bond motifs is 1. The Kier molecular flexibility index (Phi) is 6.40. The molecule has 1 N–H and O–H groups in total. The number of ether oxygens (including phenoxy) is 2. The standard InChI is InChI=1S/C23H24N2O4S/c1-28-23-20-8-3-2-6-17(20)14-21(25-23)22(26)24-18-7-4-5-16(13-18)15-30(27)19-9-11-29-12-10-19/h2-8,13-14,19H,9-12,15H2,1H3,(H,24,26). The van der Waals surface area contributed by atoms with E-state index >= 15 is 0 Å². The van der Waals surface area contributed by atoms with Crippen LogP contribution in [-0.4, -0.2) is 40.7 Å². The van der Waals surface area contributed by atoms with E-state index in [1.54, 1.807) is 13.2 Å². The summed E-state index contributed by atoms with van der Waals surface area (Å²) >= 11 is 0. The van der Waals surface area contributed by atoms with Gasteiger partial charge in [-0.3, -0.25) is 9.00 Å². The molecule has 1 aliphatic heterocycles. The number of anilines is 1. The summed E-state index contributed by atoms with van der Waals surface area (Å²) in [6.07, 6.45) is 1.66. The van der Waals surface area contributed by atoms with Crippen molar-refractivity contribution in [2.45, 2.75) is 23.8 Å². The average Bonchev–Trinajstić information content (AvgIpc) is 2.79. The van der Waals surface area contributed by atoms with E-state index in [0.717, 1.165) is 29.2 Å². The second kappa shape index (κ2) is 9.36. The smallest absolute Gasteiger partial charge is 0.274 e. The van der Waals surface area contributed by atoms with E-state index in [1.807, 2.05) is 48.5 Å². The maximum absolute atomic E-state index is 12.8. The number of carbonyl (C=O) groups is 1. The Bertz CT molecular complexity index is 1080. The molecule has 1 aromatic heterocycles. The van der Waals surface area contributed by atoms with Gasteiger partial charge in [0.05, 0.1) is 7.11 Å². The Morgan fingerprint density at radius 2 is 1.97 bits per heavy atom. The lowest BCUT2D eigenvalue weighted by molar-refractivity contribution is 0.0991. The first-order valence-corrected chi connectivity index (χ1v) is 11.3. The van der Waals surface area contributed by atoms with Crippen LogP contribution in [0.2, 0.25) is 0 Å². The third kappa shape index (κ3) is 4.68. The fraction of sp³-hybridized carbons (Fsp3) is 0.304. The molecule has 6 nitrogen and oxygen atoms in total. The second-order valence-corrected chi connectivity index (χ2v) is 8.95. The van der Waals surface area contributed by atoms with Crippen LogP contribution < -0.4 is 10.1 Å². The topological polar surface area (TPSA) is 77.5 Å². The summed E-state index contributed by atoms with van der Waals surface area (Å²) in [7, 11) is 0.584. The molecule has 1 atom stereocenters. The number of hydrogen-bond acceptors (Lipinski definition) is 5. The van der Waals surface area contributed by atoms with Crippen molar-refractivity contribution in [1.82, 2.24) is 4.98 Å². The largest absolute Gasteiger partial charge is 0.481 e. The second-order valence-electron chi connectivity index (χ2n) is 7.23. The van der Waals surface area contributed by atoms with Gasteiger partial charge in [-0.1, -0.05) is 30.3 Å². The number of benzene rings is 2. The Balaban J connectivity index is 1.49. The molecule has 7 heteroatoms. The maximum atomic E-state index is 12.8. The number of rotatable bonds is 6. The molecule has 1 fully saturated rings. The van der Waals surface area contributed by atoms with Crippen molar-refractivity contribution in [1.29, 1.82) is 0 Å². The lowest BCUT2D eigenvalue weighted by atomic mass is 10.1. The fourth-order valence-electron chi connectivity index (χ4n) is 3.59. The minimum Gasteiger partial charge on any atom is -0.481 e. The van der Waals surface area contributed by atoms with Gasteiger partial charge >= 0.3 is 0 Å². The molecule has 3 aromatic rings. The van der Waals surface area contributed by atoms with E-state index in [4.69, 9.17) is 9.47 Å². The van der Waals surface area contributed by atoms with Crippen LogP contribution in [-0.2, 0) is 21.3 Å². The van der Waals surface area contributed by atoms with Crippen LogP contribution in [0.5, 0.6) is 5.88 Å². The number of nitrogens with zero attached hydrogens (tertiary/aromatic N) is 1. The first-order valence-electron chi connectivity index (χ1n) is 9.93. The van der Waals surface area contributed by atoms with Crippen molar-refractivity contribution in [3.63, 3.8) is 0 Å². The number of aromatic nitrogens is 1. The van der Waals surface area contributed by atoms with E-state index in [-0.39, 0.29) is 16.9 Å². The van der Waals surface area contributed by atoms with Crippen LogP contribution >= 0.6 is 0 Å². The van der Waals surface area contributed by atoms with Gasteiger partial charge in [-0.25, -0.2) is 4.98 Å². The highest BCUT2D eigenvalue weighted by Gasteiger charge is 2.20. The van der Waals surface area contributed by atoms with E-state index in [2.05, 4.69) is 10.3 Å². The minimum absolute atomic E-state index is 0.172. The molecule has 30 heavy (non-hydrogen) atoms. The van der Waals surface area contributed by atoms with E-state index < -0.39 is 10.8 Å². The highest BCUT2D eigenvalue weighted by Crippen LogP contribution is 2.25. The van der Waals surface area contributed by atoms with Gasteiger partial charge in [0, 0.05) is 46.1 Å². The highest BCUT2D eigenvalue weighted by atomic mass is 32.2. The molecule has 2 aromatic carbocycles. The van der Waals surface area contributed by atoms with Gasteiger partial charge in [0.25, 0.3) is 5.91 Å². The molecule has 0 bridgehead atoms. The molecular weight excluding hydrogens is 400 g/mol. The van der Waals surface area contributed by atoms with Crippen LogP contribution in [0.15, 0.2) is 54.6 Å². The van der Waals surface area contributed by atoms with Gasteiger partial charge < -0.3 is 14.8 Å². The Labute approximate surface area is 178 Å². The van der Waals surface area contributed by atoms with Gasteiger partial charge in [0.15, 0.2) is 0 Å². The zero-order valence-corrected chi connectivity index (χ0v) is 17.6. The van der Waals surface area contributed by atoms with E-state index in [0.29, 0.717) is 30.5 Å². The van der Waals surface area contributed by atoms with Crippen LogP contribution in [0.3, 0.4) is 0 Å². The maximum Gasteiger partial charge on any atom is 0.274 e. The van der Waals surface area contributed by atoms with Crippen LogP contribution in [0, 0.1) is 0 Å². The van der Waals surface area contributed by atoms with Crippen LogP contribution in [0.25, 0.3) is 10.8 Å². The number of pyridine rings is 1.